The van der Waals surface area contributed by atoms with Gasteiger partial charge in [-0.1, -0.05) is 5.16 Å². The van der Waals surface area contributed by atoms with E-state index in [0.29, 0.717) is 5.76 Å². The molecule has 1 aromatic rings. The van der Waals surface area contributed by atoms with Crippen molar-refractivity contribution in [1.29, 1.82) is 0 Å². The van der Waals surface area contributed by atoms with E-state index in [1.54, 1.807) is 6.92 Å². The topological polar surface area (TPSA) is 75.4 Å². The Morgan fingerprint density at radius 1 is 1.91 bits per heavy atom. The van der Waals surface area contributed by atoms with Crippen molar-refractivity contribution in [3.05, 3.63) is 17.5 Å². The largest absolute Gasteiger partial charge is 0.465 e. The van der Waals surface area contributed by atoms with E-state index in [1.807, 2.05) is 0 Å². The number of hydrogen-bond acceptors (Lipinski definition) is 3. The first kappa shape index (κ1) is 7.59. The summed E-state index contributed by atoms with van der Waals surface area (Å²) in [5.74, 6) is 0.638. The molecule has 0 aromatic carbocycles. The molecule has 1 heterocycles. The molecule has 0 aliphatic heterocycles. The van der Waals surface area contributed by atoms with Crippen LogP contribution in [-0.2, 0) is 6.54 Å². The fourth-order valence-corrected chi connectivity index (χ4v) is 0.660. The van der Waals surface area contributed by atoms with Crippen LogP contribution >= 0.6 is 0 Å². The minimum absolute atomic E-state index is 0.241. The third-order valence-electron chi connectivity index (χ3n) is 1.28. The van der Waals surface area contributed by atoms with Crippen LogP contribution in [0.25, 0.3) is 0 Å². The van der Waals surface area contributed by atoms with Crippen LogP contribution in [0.4, 0.5) is 4.79 Å². The zero-order chi connectivity index (χ0) is 8.27. The fourth-order valence-electron chi connectivity index (χ4n) is 0.660. The third-order valence-corrected chi connectivity index (χ3v) is 1.28. The van der Waals surface area contributed by atoms with Gasteiger partial charge in [0.05, 0.1) is 12.7 Å². The van der Waals surface area contributed by atoms with Crippen molar-refractivity contribution in [3.63, 3.8) is 0 Å². The summed E-state index contributed by atoms with van der Waals surface area (Å²) in [5, 5.41) is 13.9. The molecule has 11 heavy (non-hydrogen) atoms. The minimum atomic E-state index is -1.05. The van der Waals surface area contributed by atoms with Crippen LogP contribution in [0.3, 0.4) is 0 Å². The van der Waals surface area contributed by atoms with Gasteiger partial charge < -0.3 is 14.9 Å². The number of rotatable bonds is 2. The summed E-state index contributed by atoms with van der Waals surface area (Å²) in [6.07, 6.45) is 0.441. The first-order chi connectivity index (χ1) is 5.20. The molecular formula is C6H8N2O3. The summed E-state index contributed by atoms with van der Waals surface area (Å²) >= 11 is 0. The van der Waals surface area contributed by atoms with Gasteiger partial charge in [0.1, 0.15) is 5.76 Å². The van der Waals surface area contributed by atoms with Crippen LogP contribution in [0.2, 0.25) is 0 Å². The summed E-state index contributed by atoms with van der Waals surface area (Å²) in [6, 6.07) is 0. The molecule has 0 saturated heterocycles. The standard InChI is InChI=1S/C6H8N2O3/c1-4-5(3-8-11-4)2-7-6(9)10/h3,7H,2H2,1H3,(H,9,10). The van der Waals surface area contributed by atoms with Crippen molar-refractivity contribution in [3.8, 4) is 0 Å². The van der Waals surface area contributed by atoms with Gasteiger partial charge in [-0.25, -0.2) is 4.79 Å². The molecule has 0 atom stereocenters. The van der Waals surface area contributed by atoms with E-state index in [1.165, 1.54) is 6.20 Å². The van der Waals surface area contributed by atoms with E-state index in [0.717, 1.165) is 5.56 Å². The van der Waals surface area contributed by atoms with Gasteiger partial charge >= 0.3 is 6.09 Å². The Bertz CT molecular complexity index is 256. The molecule has 5 heteroatoms. The summed E-state index contributed by atoms with van der Waals surface area (Å²) in [4.78, 5) is 10.0. The smallest absolute Gasteiger partial charge is 0.404 e. The summed E-state index contributed by atoms with van der Waals surface area (Å²) in [5.41, 5.74) is 0.757. The fraction of sp³-hybridized carbons (Fsp3) is 0.333. The molecule has 0 radical (unpaired) electrons. The van der Waals surface area contributed by atoms with E-state index in [9.17, 15) is 4.79 Å². The Kier molecular flexibility index (Phi) is 2.10. The Morgan fingerprint density at radius 3 is 3.09 bits per heavy atom. The number of hydrogen-bond donors (Lipinski definition) is 2. The molecule has 0 unspecified atom stereocenters. The van der Waals surface area contributed by atoms with Gasteiger partial charge in [0.15, 0.2) is 0 Å². The van der Waals surface area contributed by atoms with E-state index in [4.69, 9.17) is 9.63 Å². The maximum atomic E-state index is 10.0. The average molecular weight is 156 g/mol. The van der Waals surface area contributed by atoms with Gasteiger partial charge in [0.2, 0.25) is 0 Å². The van der Waals surface area contributed by atoms with E-state index in [-0.39, 0.29) is 6.54 Å². The molecule has 0 bridgehead atoms. The van der Waals surface area contributed by atoms with Crippen LogP contribution in [0.15, 0.2) is 10.7 Å². The number of aromatic nitrogens is 1. The van der Waals surface area contributed by atoms with Crippen LogP contribution in [0.1, 0.15) is 11.3 Å². The zero-order valence-electron chi connectivity index (χ0n) is 6.00. The number of carboxylic acid groups (broad SMARTS) is 1. The molecule has 60 valence electrons. The normalized spacial score (nSPS) is 9.55. The highest BCUT2D eigenvalue weighted by Crippen LogP contribution is 2.04. The number of carbonyl (C=O) groups is 1. The monoisotopic (exact) mass is 156 g/mol. The average Bonchev–Trinajstić information content (AvgIpc) is 2.31. The highest BCUT2D eigenvalue weighted by molar-refractivity contribution is 5.64. The molecular weight excluding hydrogens is 148 g/mol. The minimum Gasteiger partial charge on any atom is -0.465 e. The molecule has 0 aliphatic rings. The van der Waals surface area contributed by atoms with Crippen molar-refractivity contribution >= 4 is 6.09 Å². The summed E-state index contributed by atoms with van der Waals surface area (Å²) in [7, 11) is 0. The van der Waals surface area contributed by atoms with Crippen LogP contribution < -0.4 is 5.32 Å². The van der Waals surface area contributed by atoms with Gasteiger partial charge in [-0.2, -0.15) is 0 Å². The second kappa shape index (κ2) is 3.05. The van der Waals surface area contributed by atoms with Crippen LogP contribution in [-0.4, -0.2) is 16.4 Å². The van der Waals surface area contributed by atoms with Gasteiger partial charge in [-0.3, -0.25) is 0 Å². The maximum Gasteiger partial charge on any atom is 0.404 e. The number of nitrogens with zero attached hydrogens (tertiary/aromatic N) is 1. The van der Waals surface area contributed by atoms with Crippen molar-refractivity contribution < 1.29 is 14.4 Å². The van der Waals surface area contributed by atoms with Gasteiger partial charge in [0, 0.05) is 5.56 Å². The number of nitrogens with one attached hydrogen (secondary N) is 1. The van der Waals surface area contributed by atoms with Crippen molar-refractivity contribution in [2.45, 2.75) is 13.5 Å². The van der Waals surface area contributed by atoms with Crippen LogP contribution in [0, 0.1) is 6.92 Å². The quantitative estimate of drug-likeness (QED) is 0.662. The van der Waals surface area contributed by atoms with Gasteiger partial charge in [-0.05, 0) is 6.92 Å². The second-order valence-corrected chi connectivity index (χ2v) is 2.07. The van der Waals surface area contributed by atoms with Gasteiger partial charge in [0.25, 0.3) is 0 Å². The molecule has 2 N–H and O–H groups in total. The highest BCUT2D eigenvalue weighted by atomic mass is 16.5. The Hall–Kier alpha value is -1.52. The molecule has 0 spiro atoms. The van der Waals surface area contributed by atoms with Gasteiger partial charge in [-0.15, -0.1) is 0 Å². The van der Waals surface area contributed by atoms with Crippen molar-refractivity contribution in [2.24, 2.45) is 0 Å². The molecule has 1 amide bonds. The number of amides is 1. The lowest BCUT2D eigenvalue weighted by molar-refractivity contribution is 0.194. The highest BCUT2D eigenvalue weighted by Gasteiger charge is 2.02. The second-order valence-electron chi connectivity index (χ2n) is 2.07. The lowest BCUT2D eigenvalue weighted by atomic mass is 10.3. The molecule has 1 aromatic heterocycles. The number of aryl methyl sites for hydroxylation is 1. The van der Waals surface area contributed by atoms with Crippen molar-refractivity contribution in [2.75, 3.05) is 0 Å². The molecule has 5 nitrogen and oxygen atoms in total. The maximum absolute atomic E-state index is 10.0. The molecule has 0 saturated carbocycles. The summed E-state index contributed by atoms with van der Waals surface area (Å²) < 4.78 is 4.71. The SMILES string of the molecule is Cc1oncc1CNC(=O)O. The van der Waals surface area contributed by atoms with E-state index in [2.05, 4.69) is 10.5 Å². The molecule has 1 rings (SSSR count). The Labute approximate surface area is 63.0 Å². The Morgan fingerprint density at radius 2 is 2.64 bits per heavy atom. The van der Waals surface area contributed by atoms with E-state index >= 15 is 0 Å². The lowest BCUT2D eigenvalue weighted by Gasteiger charge is -1.95. The zero-order valence-corrected chi connectivity index (χ0v) is 6.00. The Balaban J connectivity index is 2.51. The molecule has 0 fully saturated rings. The first-order valence-corrected chi connectivity index (χ1v) is 3.07. The predicted octanol–water partition coefficient (Wildman–Crippen LogP) is 0.751. The lowest BCUT2D eigenvalue weighted by Crippen LogP contribution is -2.19. The predicted molar refractivity (Wildman–Crippen MR) is 36.1 cm³/mol. The third kappa shape index (κ3) is 1.96. The van der Waals surface area contributed by atoms with Crippen molar-refractivity contribution in [1.82, 2.24) is 10.5 Å². The summed E-state index contributed by atoms with van der Waals surface area (Å²) in [6.45, 7) is 1.97. The van der Waals surface area contributed by atoms with Crippen LogP contribution in [0.5, 0.6) is 0 Å². The first-order valence-electron chi connectivity index (χ1n) is 3.07. The molecule has 0 aliphatic carbocycles. The van der Waals surface area contributed by atoms with E-state index < -0.39 is 6.09 Å².